The number of halogens is 1. The third kappa shape index (κ3) is 4.09. The summed E-state index contributed by atoms with van der Waals surface area (Å²) < 4.78 is 32.6. The lowest BCUT2D eigenvalue weighted by atomic mass is 10.2. The number of esters is 1. The Morgan fingerprint density at radius 1 is 1.16 bits per heavy atom. The van der Waals surface area contributed by atoms with Crippen molar-refractivity contribution >= 4 is 44.4 Å². The molecule has 1 amide bonds. The minimum Gasteiger partial charge on any atom is -0.490 e. The monoisotopic (exact) mass is 442 g/mol. The van der Waals surface area contributed by atoms with Gasteiger partial charge in [0, 0.05) is 5.39 Å². The minimum atomic E-state index is -0.650. The van der Waals surface area contributed by atoms with Crippen LogP contribution in [0, 0.1) is 5.82 Å². The third-order valence-corrected chi connectivity index (χ3v) is 5.50. The molecule has 0 spiro atoms. The first kappa shape index (κ1) is 20.8. The van der Waals surface area contributed by atoms with E-state index in [2.05, 4.69) is 4.99 Å². The first-order valence-electron chi connectivity index (χ1n) is 9.69. The number of thiazole rings is 1. The molecule has 31 heavy (non-hydrogen) atoms. The lowest BCUT2D eigenvalue weighted by molar-refractivity contribution is -0.143. The summed E-state index contributed by atoms with van der Waals surface area (Å²) in [6, 6.07) is 11.5. The number of furan rings is 1. The molecule has 9 heteroatoms. The molecule has 0 fully saturated rings. The van der Waals surface area contributed by atoms with E-state index in [9.17, 15) is 14.0 Å². The standard InChI is InChI=1S/C22H19FN2O5S/c1-3-28-15-9-5-7-13-11-16(30-20(13)15)21(27)24-22-25(12-18(26)29-4-2)19-14(23)8-6-10-17(19)31-22/h5-11H,3-4,12H2,1-2H3. The quantitative estimate of drug-likeness (QED) is 0.416. The van der Waals surface area contributed by atoms with E-state index < -0.39 is 17.7 Å². The van der Waals surface area contributed by atoms with Crippen molar-refractivity contribution in [3.05, 3.63) is 58.8 Å². The summed E-state index contributed by atoms with van der Waals surface area (Å²) in [5, 5.41) is 0.700. The Kier molecular flexibility index (Phi) is 5.85. The molecule has 2 aromatic carbocycles. The second-order valence-corrected chi connectivity index (χ2v) is 7.51. The molecular weight excluding hydrogens is 423 g/mol. The van der Waals surface area contributed by atoms with Crippen molar-refractivity contribution in [2.24, 2.45) is 4.99 Å². The van der Waals surface area contributed by atoms with Crippen molar-refractivity contribution in [1.82, 2.24) is 4.57 Å². The van der Waals surface area contributed by atoms with Crippen LogP contribution in [0.3, 0.4) is 0 Å². The summed E-state index contributed by atoms with van der Waals surface area (Å²) in [5.41, 5.74) is 0.639. The predicted octanol–water partition coefficient (Wildman–Crippen LogP) is 4.29. The second-order valence-electron chi connectivity index (χ2n) is 6.50. The first-order chi connectivity index (χ1) is 15.0. The van der Waals surface area contributed by atoms with Crippen LogP contribution < -0.4 is 9.54 Å². The van der Waals surface area contributed by atoms with E-state index in [1.54, 1.807) is 43.3 Å². The Morgan fingerprint density at radius 2 is 1.97 bits per heavy atom. The van der Waals surface area contributed by atoms with Crippen LogP contribution in [0.25, 0.3) is 21.2 Å². The van der Waals surface area contributed by atoms with Crippen LogP contribution in [-0.4, -0.2) is 29.7 Å². The molecule has 0 aliphatic rings. The molecule has 0 N–H and O–H groups in total. The number of rotatable bonds is 6. The number of carbonyl (C=O) groups excluding carboxylic acids is 2. The van der Waals surface area contributed by atoms with Gasteiger partial charge in [-0.3, -0.25) is 9.59 Å². The maximum atomic E-state index is 14.5. The van der Waals surface area contributed by atoms with E-state index in [-0.39, 0.29) is 29.2 Å². The Balaban J connectivity index is 1.81. The molecule has 2 heterocycles. The van der Waals surface area contributed by atoms with E-state index in [4.69, 9.17) is 13.9 Å². The lowest BCUT2D eigenvalue weighted by Gasteiger charge is -2.05. The topological polar surface area (TPSA) is 83.0 Å². The van der Waals surface area contributed by atoms with Gasteiger partial charge in [0.2, 0.25) is 0 Å². The molecule has 0 aliphatic carbocycles. The van der Waals surface area contributed by atoms with Gasteiger partial charge in [0.1, 0.15) is 12.4 Å². The van der Waals surface area contributed by atoms with Crippen LogP contribution in [0.1, 0.15) is 24.4 Å². The van der Waals surface area contributed by atoms with E-state index in [1.807, 2.05) is 6.92 Å². The Bertz CT molecular complexity index is 1350. The molecule has 4 aromatic rings. The van der Waals surface area contributed by atoms with Gasteiger partial charge in [-0.05, 0) is 38.1 Å². The predicted molar refractivity (Wildman–Crippen MR) is 114 cm³/mol. The minimum absolute atomic E-state index is 0.0164. The van der Waals surface area contributed by atoms with Crippen molar-refractivity contribution in [2.45, 2.75) is 20.4 Å². The number of benzene rings is 2. The summed E-state index contributed by atoms with van der Waals surface area (Å²) in [6.07, 6.45) is 0. The maximum Gasteiger partial charge on any atom is 0.326 e. The zero-order valence-corrected chi connectivity index (χ0v) is 17.7. The summed E-state index contributed by atoms with van der Waals surface area (Å²) in [6.45, 7) is 3.91. The zero-order valence-electron chi connectivity index (χ0n) is 16.9. The van der Waals surface area contributed by atoms with Gasteiger partial charge in [-0.2, -0.15) is 4.99 Å². The number of ether oxygens (including phenoxy) is 2. The molecule has 0 saturated carbocycles. The van der Waals surface area contributed by atoms with Crippen LogP contribution in [0.15, 0.2) is 51.9 Å². The maximum absolute atomic E-state index is 14.5. The molecule has 0 aliphatic heterocycles. The molecule has 160 valence electrons. The van der Waals surface area contributed by atoms with Gasteiger partial charge in [0.15, 0.2) is 21.9 Å². The van der Waals surface area contributed by atoms with Crippen LogP contribution >= 0.6 is 11.3 Å². The van der Waals surface area contributed by atoms with Gasteiger partial charge in [0.25, 0.3) is 0 Å². The van der Waals surface area contributed by atoms with E-state index in [1.165, 1.54) is 10.6 Å². The van der Waals surface area contributed by atoms with Crippen LogP contribution in [0.5, 0.6) is 5.75 Å². The van der Waals surface area contributed by atoms with Gasteiger partial charge in [-0.15, -0.1) is 0 Å². The highest BCUT2D eigenvalue weighted by atomic mass is 32.1. The number of fused-ring (bicyclic) bond motifs is 2. The summed E-state index contributed by atoms with van der Waals surface area (Å²) in [5.74, 6) is -1.17. The number of carbonyl (C=O) groups is 2. The van der Waals surface area contributed by atoms with Crippen molar-refractivity contribution in [3.8, 4) is 5.75 Å². The fraction of sp³-hybridized carbons (Fsp3) is 0.227. The summed E-state index contributed by atoms with van der Waals surface area (Å²) in [7, 11) is 0. The van der Waals surface area contributed by atoms with Crippen LogP contribution in [-0.2, 0) is 16.1 Å². The molecule has 0 atom stereocenters. The number of hydrogen-bond acceptors (Lipinski definition) is 6. The van der Waals surface area contributed by atoms with Crippen LogP contribution in [0.2, 0.25) is 0 Å². The van der Waals surface area contributed by atoms with Gasteiger partial charge in [0.05, 0.1) is 23.4 Å². The zero-order chi connectivity index (χ0) is 22.0. The highest BCUT2D eigenvalue weighted by Crippen LogP contribution is 2.29. The lowest BCUT2D eigenvalue weighted by Crippen LogP contribution is -2.23. The van der Waals surface area contributed by atoms with Gasteiger partial charge < -0.3 is 18.5 Å². The average molecular weight is 442 g/mol. The Hall–Kier alpha value is -3.46. The average Bonchev–Trinajstić information content (AvgIpc) is 3.32. The molecule has 4 rings (SSSR count). The normalized spacial score (nSPS) is 11.9. The smallest absolute Gasteiger partial charge is 0.326 e. The van der Waals surface area contributed by atoms with Crippen molar-refractivity contribution in [1.29, 1.82) is 0 Å². The van der Waals surface area contributed by atoms with E-state index >= 15 is 0 Å². The highest BCUT2D eigenvalue weighted by Gasteiger charge is 2.18. The number of aromatic nitrogens is 1. The first-order valence-corrected chi connectivity index (χ1v) is 10.5. The molecule has 0 bridgehead atoms. The highest BCUT2D eigenvalue weighted by molar-refractivity contribution is 7.16. The number of para-hydroxylation sites is 2. The molecule has 0 radical (unpaired) electrons. The Morgan fingerprint density at radius 3 is 2.74 bits per heavy atom. The van der Waals surface area contributed by atoms with Gasteiger partial charge in [-0.1, -0.05) is 29.5 Å². The second kappa shape index (κ2) is 8.73. The van der Waals surface area contributed by atoms with Gasteiger partial charge >= 0.3 is 11.9 Å². The molecule has 0 unspecified atom stereocenters. The summed E-state index contributed by atoms with van der Waals surface area (Å²) >= 11 is 1.10. The largest absolute Gasteiger partial charge is 0.490 e. The van der Waals surface area contributed by atoms with E-state index in [0.717, 1.165) is 11.3 Å². The molecule has 7 nitrogen and oxygen atoms in total. The number of hydrogen-bond donors (Lipinski definition) is 0. The summed E-state index contributed by atoms with van der Waals surface area (Å²) in [4.78, 5) is 29.2. The molecule has 0 saturated heterocycles. The third-order valence-electron chi connectivity index (χ3n) is 4.46. The number of amides is 1. The van der Waals surface area contributed by atoms with Crippen molar-refractivity contribution in [2.75, 3.05) is 13.2 Å². The SMILES string of the molecule is CCOC(=O)Cn1c(=NC(=O)c2cc3cccc(OCC)c3o2)sc2cccc(F)c21. The number of nitrogens with zero attached hydrogens (tertiary/aromatic N) is 2. The Labute approximate surface area is 180 Å². The fourth-order valence-electron chi connectivity index (χ4n) is 3.21. The fourth-order valence-corrected chi connectivity index (χ4v) is 4.25. The van der Waals surface area contributed by atoms with Crippen molar-refractivity contribution < 1.29 is 27.9 Å². The van der Waals surface area contributed by atoms with E-state index in [0.29, 0.717) is 28.0 Å². The van der Waals surface area contributed by atoms with Gasteiger partial charge in [-0.25, -0.2) is 4.39 Å². The van der Waals surface area contributed by atoms with Crippen LogP contribution in [0.4, 0.5) is 4.39 Å². The molecular formula is C22H19FN2O5S. The molecule has 2 aromatic heterocycles. The van der Waals surface area contributed by atoms with Crippen molar-refractivity contribution in [3.63, 3.8) is 0 Å².